The highest BCUT2D eigenvalue weighted by Crippen LogP contribution is 2.33. The van der Waals surface area contributed by atoms with Crippen molar-refractivity contribution in [3.05, 3.63) is 22.7 Å². The smallest absolute Gasteiger partial charge is 0.224 e. The zero-order valence-electron chi connectivity index (χ0n) is 15.1. The van der Waals surface area contributed by atoms with Crippen molar-refractivity contribution in [3.63, 3.8) is 0 Å². The van der Waals surface area contributed by atoms with E-state index in [1.165, 1.54) is 32.1 Å². The van der Waals surface area contributed by atoms with E-state index in [4.69, 9.17) is 16.3 Å². The first-order valence-electron chi connectivity index (χ1n) is 9.53. The first-order valence-corrected chi connectivity index (χ1v) is 9.91. The maximum absolute atomic E-state index is 12.4. The molecule has 1 amide bonds. The van der Waals surface area contributed by atoms with Crippen molar-refractivity contribution in [2.45, 2.75) is 44.9 Å². The highest BCUT2D eigenvalue weighted by molar-refractivity contribution is 6.34. The van der Waals surface area contributed by atoms with Crippen LogP contribution in [-0.2, 0) is 9.53 Å². The highest BCUT2D eigenvalue weighted by Gasteiger charge is 2.19. The van der Waals surface area contributed by atoms with E-state index in [2.05, 4.69) is 16.3 Å². The molecule has 0 atom stereocenters. The molecule has 26 heavy (non-hydrogen) atoms. The highest BCUT2D eigenvalue weighted by atomic mass is 35.5. The van der Waals surface area contributed by atoms with Gasteiger partial charge in [-0.25, -0.2) is 0 Å². The van der Waals surface area contributed by atoms with Crippen LogP contribution in [0.3, 0.4) is 0 Å². The van der Waals surface area contributed by atoms with Crippen molar-refractivity contribution in [2.24, 2.45) is 5.92 Å². The molecule has 0 unspecified atom stereocenters. The maximum Gasteiger partial charge on any atom is 0.224 e. The molecule has 1 saturated heterocycles. The fourth-order valence-corrected chi connectivity index (χ4v) is 4.09. The normalized spacial score (nSPS) is 18.4. The molecule has 2 fully saturated rings. The Morgan fingerprint density at radius 1 is 1.27 bits per heavy atom. The lowest BCUT2D eigenvalue weighted by Crippen LogP contribution is -2.36. The molecule has 1 N–H and O–H groups in total. The third-order valence-electron chi connectivity index (χ3n) is 5.34. The molecule has 5 nitrogen and oxygen atoms in total. The number of nitrogens with one attached hydrogen (secondary N) is 1. The van der Waals surface area contributed by atoms with E-state index in [9.17, 15) is 10.1 Å². The minimum absolute atomic E-state index is 0.0619. The summed E-state index contributed by atoms with van der Waals surface area (Å²) in [4.78, 5) is 14.5. The third-order valence-corrected chi connectivity index (χ3v) is 5.64. The first-order chi connectivity index (χ1) is 12.7. The number of nitrogens with zero attached hydrogens (tertiary/aromatic N) is 2. The molecule has 0 bridgehead atoms. The monoisotopic (exact) mass is 375 g/mol. The van der Waals surface area contributed by atoms with Crippen molar-refractivity contribution < 1.29 is 9.53 Å². The predicted octanol–water partition coefficient (Wildman–Crippen LogP) is 4.35. The number of nitriles is 1. The van der Waals surface area contributed by atoms with E-state index in [0.717, 1.165) is 25.2 Å². The van der Waals surface area contributed by atoms with Gasteiger partial charge in [-0.3, -0.25) is 4.79 Å². The summed E-state index contributed by atoms with van der Waals surface area (Å²) in [6.45, 7) is 2.88. The van der Waals surface area contributed by atoms with Crippen LogP contribution >= 0.6 is 11.6 Å². The minimum Gasteiger partial charge on any atom is -0.378 e. The van der Waals surface area contributed by atoms with Gasteiger partial charge in [0.1, 0.15) is 6.07 Å². The van der Waals surface area contributed by atoms with Gasteiger partial charge in [0.2, 0.25) is 5.91 Å². The van der Waals surface area contributed by atoms with Crippen LogP contribution in [0.25, 0.3) is 0 Å². The lowest BCUT2D eigenvalue weighted by Gasteiger charge is -2.29. The van der Waals surface area contributed by atoms with Crippen molar-refractivity contribution in [3.8, 4) is 6.07 Å². The second-order valence-corrected chi connectivity index (χ2v) is 7.56. The number of hydrogen-bond donors (Lipinski definition) is 1. The molecular weight excluding hydrogens is 350 g/mol. The van der Waals surface area contributed by atoms with Gasteiger partial charge in [-0.1, -0.05) is 43.7 Å². The zero-order valence-corrected chi connectivity index (χ0v) is 15.9. The second kappa shape index (κ2) is 9.25. The summed E-state index contributed by atoms with van der Waals surface area (Å²) in [6.07, 6.45) is 7.73. The average molecular weight is 376 g/mol. The number of morpholine rings is 1. The van der Waals surface area contributed by atoms with Gasteiger partial charge in [-0.2, -0.15) is 5.26 Å². The number of rotatable bonds is 5. The lowest BCUT2D eigenvalue weighted by atomic mass is 9.86. The van der Waals surface area contributed by atoms with Gasteiger partial charge < -0.3 is 15.0 Å². The van der Waals surface area contributed by atoms with Gasteiger partial charge in [0.25, 0.3) is 0 Å². The van der Waals surface area contributed by atoms with Gasteiger partial charge in [0, 0.05) is 25.2 Å². The lowest BCUT2D eigenvalue weighted by molar-refractivity contribution is -0.116. The summed E-state index contributed by atoms with van der Waals surface area (Å²) in [5.41, 5.74) is 1.74. The van der Waals surface area contributed by atoms with Gasteiger partial charge in [0.05, 0.1) is 29.5 Å². The summed E-state index contributed by atoms with van der Waals surface area (Å²) in [7, 11) is 0. The molecule has 3 rings (SSSR count). The molecular formula is C20H26ClN3O2. The topological polar surface area (TPSA) is 65.4 Å². The molecule has 0 aromatic heterocycles. The van der Waals surface area contributed by atoms with Gasteiger partial charge >= 0.3 is 0 Å². The molecule has 1 aliphatic heterocycles. The third kappa shape index (κ3) is 4.90. The van der Waals surface area contributed by atoms with Crippen molar-refractivity contribution >= 4 is 28.9 Å². The Kier molecular flexibility index (Phi) is 6.76. The quantitative estimate of drug-likeness (QED) is 0.830. The molecule has 1 aromatic rings. The molecule has 0 spiro atoms. The van der Waals surface area contributed by atoms with E-state index >= 15 is 0 Å². The summed E-state index contributed by atoms with van der Waals surface area (Å²) >= 11 is 6.40. The van der Waals surface area contributed by atoms with Crippen LogP contribution in [0.4, 0.5) is 11.4 Å². The van der Waals surface area contributed by atoms with Crippen molar-refractivity contribution in [1.29, 1.82) is 5.26 Å². The first kappa shape index (κ1) is 19.0. The van der Waals surface area contributed by atoms with E-state index in [-0.39, 0.29) is 5.91 Å². The molecule has 0 radical (unpaired) electrons. The minimum atomic E-state index is -0.0619. The Morgan fingerprint density at radius 3 is 2.69 bits per heavy atom. The van der Waals surface area contributed by atoms with Crippen molar-refractivity contribution in [2.75, 3.05) is 36.5 Å². The molecule has 140 valence electrons. The summed E-state index contributed by atoms with van der Waals surface area (Å²) in [5, 5.41) is 12.8. The maximum atomic E-state index is 12.4. The SMILES string of the molecule is N#Cc1cc(N2CCOCC2)cc(Cl)c1NC(=O)CCC1CCCCC1. The van der Waals surface area contributed by atoms with Gasteiger partial charge in [-0.05, 0) is 24.5 Å². The number of anilines is 2. The van der Waals surface area contributed by atoms with Crippen LogP contribution in [0.1, 0.15) is 50.5 Å². The Hall–Kier alpha value is -1.77. The average Bonchev–Trinajstić information content (AvgIpc) is 2.69. The predicted molar refractivity (Wildman–Crippen MR) is 104 cm³/mol. The van der Waals surface area contributed by atoms with Crippen LogP contribution in [0.2, 0.25) is 5.02 Å². The number of hydrogen-bond acceptors (Lipinski definition) is 4. The second-order valence-electron chi connectivity index (χ2n) is 7.15. The zero-order chi connectivity index (χ0) is 18.4. The standard InChI is InChI=1S/C20H26ClN3O2/c21-18-13-17(24-8-10-26-11-9-24)12-16(14-22)20(18)23-19(25)7-6-15-4-2-1-3-5-15/h12-13,15H,1-11H2,(H,23,25). The van der Waals surface area contributed by atoms with Crippen molar-refractivity contribution in [1.82, 2.24) is 0 Å². The summed E-state index contributed by atoms with van der Waals surface area (Å²) < 4.78 is 5.36. The Morgan fingerprint density at radius 2 is 2.00 bits per heavy atom. The number of carbonyl (C=O) groups is 1. The van der Waals surface area contributed by atoms with Crippen LogP contribution in [-0.4, -0.2) is 32.2 Å². The largest absolute Gasteiger partial charge is 0.378 e. The van der Waals surface area contributed by atoms with Crippen LogP contribution in [0, 0.1) is 17.2 Å². The Balaban J connectivity index is 1.64. The Bertz CT molecular complexity index is 674. The van der Waals surface area contributed by atoms with E-state index in [1.807, 2.05) is 6.07 Å². The van der Waals surface area contributed by atoms with Crippen LogP contribution in [0.5, 0.6) is 0 Å². The van der Waals surface area contributed by atoms with E-state index in [0.29, 0.717) is 41.8 Å². The van der Waals surface area contributed by atoms with Crippen LogP contribution in [0.15, 0.2) is 12.1 Å². The molecule has 1 saturated carbocycles. The molecule has 2 aliphatic rings. The molecule has 6 heteroatoms. The molecule has 1 aromatic carbocycles. The number of halogens is 1. The molecule has 1 heterocycles. The number of ether oxygens (including phenoxy) is 1. The fourth-order valence-electron chi connectivity index (χ4n) is 3.82. The molecule has 1 aliphatic carbocycles. The number of amides is 1. The van der Waals surface area contributed by atoms with E-state index < -0.39 is 0 Å². The van der Waals surface area contributed by atoms with Gasteiger partial charge in [0.15, 0.2) is 0 Å². The van der Waals surface area contributed by atoms with Crippen LogP contribution < -0.4 is 10.2 Å². The summed E-state index contributed by atoms with van der Waals surface area (Å²) in [5.74, 6) is 0.595. The number of carbonyl (C=O) groups excluding carboxylic acids is 1. The fraction of sp³-hybridized carbons (Fsp3) is 0.600. The number of benzene rings is 1. The summed E-state index contributed by atoms with van der Waals surface area (Å²) in [6, 6.07) is 5.79. The van der Waals surface area contributed by atoms with E-state index in [1.54, 1.807) is 6.07 Å². The Labute approximate surface area is 160 Å². The van der Waals surface area contributed by atoms with Gasteiger partial charge in [-0.15, -0.1) is 0 Å².